The van der Waals surface area contributed by atoms with Crippen molar-refractivity contribution in [3.05, 3.63) is 26.0 Å². The molecule has 0 aromatic carbocycles. The van der Waals surface area contributed by atoms with Crippen LogP contribution >= 0.6 is 0 Å². The molecule has 0 nitrogen and oxygen atoms in total. The monoisotopic (exact) mass is 194 g/mol. The van der Waals surface area contributed by atoms with Gasteiger partial charge in [-0.1, -0.05) is 64.5 Å². The van der Waals surface area contributed by atoms with Gasteiger partial charge in [-0.15, -0.1) is 0 Å². The highest BCUT2D eigenvalue weighted by Crippen LogP contribution is 2.07. The van der Waals surface area contributed by atoms with E-state index >= 15 is 0 Å². The Labute approximate surface area is 90.8 Å². The van der Waals surface area contributed by atoms with Gasteiger partial charge >= 0.3 is 0 Å². The maximum atomic E-state index is 3.85. The zero-order chi connectivity index (χ0) is 10.5. The van der Waals surface area contributed by atoms with E-state index in [1.54, 1.807) is 0 Å². The zero-order valence-electron chi connectivity index (χ0n) is 9.64. The van der Waals surface area contributed by atoms with E-state index in [1.165, 1.54) is 51.4 Å². The van der Waals surface area contributed by atoms with Crippen molar-refractivity contribution >= 4 is 0 Å². The molecule has 14 heavy (non-hydrogen) atoms. The number of allylic oxidation sites excluding steroid dienone is 2. The largest absolute Gasteiger partial charge is 0.0885 e. The van der Waals surface area contributed by atoms with Crippen LogP contribution in [-0.4, -0.2) is 0 Å². The van der Waals surface area contributed by atoms with Crippen LogP contribution in [0, 0.1) is 13.8 Å². The fourth-order valence-electron chi connectivity index (χ4n) is 1.47. The quantitative estimate of drug-likeness (QED) is 0.335. The summed E-state index contributed by atoms with van der Waals surface area (Å²) >= 11 is 0. The van der Waals surface area contributed by atoms with Crippen molar-refractivity contribution in [2.45, 2.75) is 64.2 Å². The average molecular weight is 194 g/mol. The summed E-state index contributed by atoms with van der Waals surface area (Å²) in [4.78, 5) is 0. The van der Waals surface area contributed by atoms with Crippen LogP contribution in [0.5, 0.6) is 0 Å². The molecule has 0 bridgehead atoms. The summed E-state index contributed by atoms with van der Waals surface area (Å²) in [5, 5.41) is 0. The van der Waals surface area contributed by atoms with Crippen LogP contribution in [-0.2, 0) is 0 Å². The van der Waals surface area contributed by atoms with E-state index in [4.69, 9.17) is 0 Å². The van der Waals surface area contributed by atoms with Crippen molar-refractivity contribution in [3.63, 3.8) is 0 Å². The molecule has 0 aromatic heterocycles. The summed E-state index contributed by atoms with van der Waals surface area (Å²) in [7, 11) is 0. The zero-order valence-corrected chi connectivity index (χ0v) is 9.64. The Morgan fingerprint density at radius 3 is 1.71 bits per heavy atom. The number of hydrogen-bond donors (Lipinski definition) is 0. The van der Waals surface area contributed by atoms with Crippen LogP contribution < -0.4 is 0 Å². The lowest BCUT2D eigenvalue weighted by Gasteiger charge is -1.97. The van der Waals surface area contributed by atoms with Gasteiger partial charge in [0.05, 0.1) is 0 Å². The van der Waals surface area contributed by atoms with Crippen molar-refractivity contribution < 1.29 is 0 Å². The summed E-state index contributed by atoms with van der Waals surface area (Å²) in [5.74, 6) is 0. The molecule has 0 fully saturated rings. The van der Waals surface area contributed by atoms with Gasteiger partial charge in [-0.05, 0) is 25.7 Å². The second-order valence-corrected chi connectivity index (χ2v) is 3.88. The second kappa shape index (κ2) is 12.7. The Balaban J connectivity index is 2.94. The first-order valence-electron chi connectivity index (χ1n) is 6.15. The fourth-order valence-corrected chi connectivity index (χ4v) is 1.47. The lowest BCUT2D eigenvalue weighted by atomic mass is 10.1. The highest BCUT2D eigenvalue weighted by Gasteiger charge is 1.87. The van der Waals surface area contributed by atoms with Crippen molar-refractivity contribution in [1.82, 2.24) is 0 Å². The SMILES string of the molecule is [CH2]CCC/C=C/CCCCCCC[CH2]. The van der Waals surface area contributed by atoms with Crippen molar-refractivity contribution in [2.75, 3.05) is 0 Å². The standard InChI is InChI=1S/C14H26/c1-3-5-7-9-11-13-14-12-10-8-6-4-2/h9,11H,1-8,10,12-14H2/b11-9+. The predicted molar refractivity (Wildman–Crippen MR) is 66.0 cm³/mol. The molecule has 0 aliphatic heterocycles. The molecule has 2 radical (unpaired) electrons. The van der Waals surface area contributed by atoms with Crippen LogP contribution in [0.25, 0.3) is 0 Å². The third kappa shape index (κ3) is 11.7. The summed E-state index contributed by atoms with van der Waals surface area (Å²) in [6.45, 7) is 7.67. The van der Waals surface area contributed by atoms with Gasteiger partial charge in [-0.3, -0.25) is 0 Å². The van der Waals surface area contributed by atoms with Crippen LogP contribution in [0.2, 0.25) is 0 Å². The van der Waals surface area contributed by atoms with Gasteiger partial charge in [0.2, 0.25) is 0 Å². The van der Waals surface area contributed by atoms with Gasteiger partial charge in [0, 0.05) is 0 Å². The molecule has 0 unspecified atom stereocenters. The smallest absolute Gasteiger partial charge is 0.0351 e. The minimum Gasteiger partial charge on any atom is -0.0885 e. The van der Waals surface area contributed by atoms with Crippen LogP contribution in [0.3, 0.4) is 0 Å². The van der Waals surface area contributed by atoms with Crippen LogP contribution in [0.1, 0.15) is 64.2 Å². The normalized spacial score (nSPS) is 11.3. The molecule has 0 aromatic rings. The molecule has 0 rings (SSSR count). The van der Waals surface area contributed by atoms with E-state index in [9.17, 15) is 0 Å². The van der Waals surface area contributed by atoms with Gasteiger partial charge in [-0.25, -0.2) is 0 Å². The lowest BCUT2D eigenvalue weighted by molar-refractivity contribution is 0.621. The minimum atomic E-state index is 1.06. The molecule has 0 amide bonds. The Hall–Kier alpha value is -0.260. The van der Waals surface area contributed by atoms with Crippen molar-refractivity contribution in [1.29, 1.82) is 0 Å². The average Bonchev–Trinajstić information content (AvgIpc) is 2.21. The van der Waals surface area contributed by atoms with E-state index < -0.39 is 0 Å². The molecule has 0 saturated carbocycles. The third-order valence-corrected chi connectivity index (χ3v) is 2.41. The molecule has 0 spiro atoms. The number of hydrogen-bond acceptors (Lipinski definition) is 0. The van der Waals surface area contributed by atoms with Gasteiger partial charge in [0.1, 0.15) is 0 Å². The van der Waals surface area contributed by atoms with Gasteiger partial charge in [0.25, 0.3) is 0 Å². The third-order valence-electron chi connectivity index (χ3n) is 2.41. The van der Waals surface area contributed by atoms with Gasteiger partial charge in [0.15, 0.2) is 0 Å². The molecule has 82 valence electrons. The summed E-state index contributed by atoms with van der Waals surface area (Å²) in [5.41, 5.74) is 0. The molecule has 0 heteroatoms. The van der Waals surface area contributed by atoms with E-state index in [0.29, 0.717) is 0 Å². The summed E-state index contributed by atoms with van der Waals surface area (Å²) in [6.07, 6.45) is 17.3. The molecule has 0 aliphatic carbocycles. The molecule has 0 aliphatic rings. The summed E-state index contributed by atoms with van der Waals surface area (Å²) < 4.78 is 0. The number of unbranched alkanes of at least 4 members (excludes halogenated alkanes) is 8. The molecular weight excluding hydrogens is 168 g/mol. The Morgan fingerprint density at radius 2 is 1.07 bits per heavy atom. The molecule has 0 N–H and O–H groups in total. The first kappa shape index (κ1) is 13.7. The Morgan fingerprint density at radius 1 is 0.571 bits per heavy atom. The van der Waals surface area contributed by atoms with Crippen LogP contribution in [0.4, 0.5) is 0 Å². The predicted octanol–water partition coefficient (Wildman–Crippen LogP) is 5.11. The van der Waals surface area contributed by atoms with E-state index in [-0.39, 0.29) is 0 Å². The van der Waals surface area contributed by atoms with Crippen molar-refractivity contribution in [3.8, 4) is 0 Å². The Kier molecular flexibility index (Phi) is 12.5. The highest BCUT2D eigenvalue weighted by atomic mass is 13.9. The molecule has 0 saturated heterocycles. The van der Waals surface area contributed by atoms with E-state index in [0.717, 1.165) is 12.8 Å². The minimum absolute atomic E-state index is 1.06. The first-order valence-corrected chi connectivity index (χ1v) is 6.15. The second-order valence-electron chi connectivity index (χ2n) is 3.88. The van der Waals surface area contributed by atoms with Gasteiger partial charge < -0.3 is 0 Å². The fraction of sp³-hybridized carbons (Fsp3) is 0.714. The van der Waals surface area contributed by atoms with Crippen LogP contribution in [0.15, 0.2) is 12.2 Å². The molecule has 0 atom stereocenters. The van der Waals surface area contributed by atoms with Gasteiger partial charge in [-0.2, -0.15) is 0 Å². The maximum Gasteiger partial charge on any atom is -0.0351 e. The topological polar surface area (TPSA) is 0 Å². The molecular formula is C14H26. The number of rotatable bonds is 10. The lowest BCUT2D eigenvalue weighted by Crippen LogP contribution is -1.77. The Bertz CT molecular complexity index is 113. The molecule has 0 heterocycles. The summed E-state index contributed by atoms with van der Waals surface area (Å²) in [6, 6.07) is 0. The highest BCUT2D eigenvalue weighted by molar-refractivity contribution is 4.81. The van der Waals surface area contributed by atoms with E-state index in [2.05, 4.69) is 26.0 Å². The van der Waals surface area contributed by atoms with Crippen molar-refractivity contribution in [2.24, 2.45) is 0 Å². The first-order chi connectivity index (χ1) is 6.91. The maximum absolute atomic E-state index is 3.85. The van der Waals surface area contributed by atoms with E-state index in [1.807, 2.05) is 0 Å².